The molecule has 146 valence electrons. The van der Waals surface area contributed by atoms with Crippen LogP contribution in [-0.4, -0.2) is 34.9 Å². The molecule has 0 saturated carbocycles. The minimum absolute atomic E-state index is 0.102. The number of carbonyl (C=O) groups excluding carboxylic acids is 4. The molecule has 0 aliphatic rings. The molecule has 0 bridgehead atoms. The Kier molecular flexibility index (Phi) is 7.64. The SMILES string of the molecule is CC(=O)Nc1ccccc1NC(=O)C/C(C)=N\NC(=O)C(=O)NC(C)(C)C. The van der Waals surface area contributed by atoms with Crippen molar-refractivity contribution in [2.75, 3.05) is 10.6 Å². The average molecular weight is 375 g/mol. The summed E-state index contributed by atoms with van der Waals surface area (Å²) >= 11 is 0. The third-order valence-electron chi connectivity index (χ3n) is 2.97. The van der Waals surface area contributed by atoms with Crippen LogP contribution in [0.1, 0.15) is 41.0 Å². The molecule has 0 aliphatic heterocycles. The molecule has 27 heavy (non-hydrogen) atoms. The predicted octanol–water partition coefficient (Wildman–Crippen LogP) is 1.38. The van der Waals surface area contributed by atoms with Crippen LogP contribution in [0.25, 0.3) is 0 Å². The van der Waals surface area contributed by atoms with Gasteiger partial charge in [-0.2, -0.15) is 5.10 Å². The van der Waals surface area contributed by atoms with E-state index in [0.717, 1.165) is 0 Å². The van der Waals surface area contributed by atoms with Crippen LogP contribution >= 0.6 is 0 Å². The highest BCUT2D eigenvalue weighted by atomic mass is 16.2. The van der Waals surface area contributed by atoms with Crippen molar-refractivity contribution < 1.29 is 19.2 Å². The monoisotopic (exact) mass is 375 g/mol. The lowest BCUT2D eigenvalue weighted by atomic mass is 10.1. The van der Waals surface area contributed by atoms with Gasteiger partial charge >= 0.3 is 11.8 Å². The summed E-state index contributed by atoms with van der Waals surface area (Å²) < 4.78 is 0. The van der Waals surface area contributed by atoms with Crippen LogP contribution in [0.3, 0.4) is 0 Å². The van der Waals surface area contributed by atoms with Crippen LogP contribution in [0.5, 0.6) is 0 Å². The molecule has 0 heterocycles. The maximum absolute atomic E-state index is 12.1. The van der Waals surface area contributed by atoms with Crippen molar-refractivity contribution in [1.82, 2.24) is 10.7 Å². The Balaban J connectivity index is 2.62. The number of carbonyl (C=O) groups is 4. The van der Waals surface area contributed by atoms with Gasteiger partial charge in [-0.25, -0.2) is 5.43 Å². The maximum Gasteiger partial charge on any atom is 0.329 e. The van der Waals surface area contributed by atoms with Gasteiger partial charge in [-0.05, 0) is 39.8 Å². The summed E-state index contributed by atoms with van der Waals surface area (Å²) in [6, 6.07) is 6.75. The highest BCUT2D eigenvalue weighted by Crippen LogP contribution is 2.21. The first-order chi connectivity index (χ1) is 12.5. The second kappa shape index (κ2) is 9.46. The average Bonchev–Trinajstić information content (AvgIpc) is 2.52. The number of nitrogens with one attached hydrogen (secondary N) is 4. The standard InChI is InChI=1S/C18H25N5O4/c1-11(22-23-17(27)16(26)21-18(3,4)5)10-15(25)20-14-9-7-6-8-13(14)19-12(2)24/h6-9H,10H2,1-5H3,(H,19,24)(H,20,25)(H,21,26)(H,23,27)/b22-11-. The van der Waals surface area contributed by atoms with Gasteiger partial charge < -0.3 is 16.0 Å². The molecule has 0 aromatic heterocycles. The van der Waals surface area contributed by atoms with Crippen molar-refractivity contribution in [2.45, 2.75) is 46.6 Å². The van der Waals surface area contributed by atoms with E-state index in [1.54, 1.807) is 52.0 Å². The largest absolute Gasteiger partial charge is 0.343 e. The van der Waals surface area contributed by atoms with Crippen LogP contribution in [0, 0.1) is 0 Å². The van der Waals surface area contributed by atoms with Crippen LogP contribution in [0.2, 0.25) is 0 Å². The van der Waals surface area contributed by atoms with Crippen molar-refractivity contribution in [3.63, 3.8) is 0 Å². The fourth-order valence-electron chi connectivity index (χ4n) is 1.95. The minimum atomic E-state index is -0.916. The fraction of sp³-hybridized carbons (Fsp3) is 0.389. The zero-order valence-corrected chi connectivity index (χ0v) is 16.1. The van der Waals surface area contributed by atoms with E-state index in [4.69, 9.17) is 0 Å². The highest BCUT2D eigenvalue weighted by Gasteiger charge is 2.20. The third-order valence-corrected chi connectivity index (χ3v) is 2.97. The quantitative estimate of drug-likeness (QED) is 0.352. The number of anilines is 2. The van der Waals surface area contributed by atoms with Crippen LogP contribution in [-0.2, 0) is 19.2 Å². The Hall–Kier alpha value is -3.23. The Bertz CT molecular complexity index is 765. The van der Waals surface area contributed by atoms with E-state index in [2.05, 4.69) is 26.5 Å². The molecular weight excluding hydrogens is 350 g/mol. The summed E-state index contributed by atoms with van der Waals surface area (Å²) in [5.41, 5.74) is 2.79. The molecule has 0 aliphatic carbocycles. The Labute approximate surface area is 158 Å². The number of nitrogens with zero attached hydrogens (tertiary/aromatic N) is 1. The van der Waals surface area contributed by atoms with Gasteiger partial charge in [-0.15, -0.1) is 0 Å². The number of benzene rings is 1. The molecule has 1 rings (SSSR count). The smallest absolute Gasteiger partial charge is 0.329 e. The van der Waals surface area contributed by atoms with Crippen LogP contribution < -0.4 is 21.4 Å². The molecule has 1 aromatic rings. The van der Waals surface area contributed by atoms with Gasteiger partial charge in [0.2, 0.25) is 11.8 Å². The molecular formula is C18H25N5O4. The molecule has 1 aromatic carbocycles. The normalized spacial score (nSPS) is 11.4. The molecule has 0 atom stereocenters. The van der Waals surface area contributed by atoms with Crippen LogP contribution in [0.15, 0.2) is 29.4 Å². The number of hydrogen-bond acceptors (Lipinski definition) is 5. The fourth-order valence-corrected chi connectivity index (χ4v) is 1.95. The summed E-state index contributed by atoms with van der Waals surface area (Å²) in [6.07, 6.45) is -0.102. The van der Waals surface area contributed by atoms with Gasteiger partial charge in [0.1, 0.15) is 0 Å². The lowest BCUT2D eigenvalue weighted by molar-refractivity contribution is -0.140. The Morgan fingerprint density at radius 2 is 1.48 bits per heavy atom. The van der Waals surface area contributed by atoms with E-state index in [1.807, 2.05) is 0 Å². The molecule has 0 fully saturated rings. The van der Waals surface area contributed by atoms with Crippen molar-refractivity contribution >= 4 is 40.7 Å². The summed E-state index contributed by atoms with van der Waals surface area (Å²) in [5.74, 6) is -2.37. The Morgan fingerprint density at radius 3 is 2.00 bits per heavy atom. The first kappa shape index (κ1) is 21.8. The molecule has 4 amide bonds. The van der Waals surface area contributed by atoms with E-state index in [9.17, 15) is 19.2 Å². The number of rotatable bonds is 5. The second-order valence-electron chi connectivity index (χ2n) is 6.94. The molecule has 0 spiro atoms. The zero-order chi connectivity index (χ0) is 20.6. The first-order valence-corrected chi connectivity index (χ1v) is 8.30. The van der Waals surface area contributed by atoms with Gasteiger partial charge in [-0.1, -0.05) is 12.1 Å². The predicted molar refractivity (Wildman–Crippen MR) is 103 cm³/mol. The van der Waals surface area contributed by atoms with Crippen LogP contribution in [0.4, 0.5) is 11.4 Å². The van der Waals surface area contributed by atoms with E-state index >= 15 is 0 Å². The van der Waals surface area contributed by atoms with Crippen molar-refractivity contribution in [2.24, 2.45) is 5.10 Å². The number of amides is 4. The van der Waals surface area contributed by atoms with Gasteiger partial charge in [0.25, 0.3) is 0 Å². The van der Waals surface area contributed by atoms with E-state index in [0.29, 0.717) is 17.1 Å². The summed E-state index contributed by atoms with van der Waals surface area (Å²) in [6.45, 7) is 8.15. The maximum atomic E-state index is 12.1. The molecule has 0 radical (unpaired) electrons. The topological polar surface area (TPSA) is 129 Å². The second-order valence-corrected chi connectivity index (χ2v) is 6.94. The summed E-state index contributed by atoms with van der Waals surface area (Å²) in [5, 5.41) is 11.5. The summed E-state index contributed by atoms with van der Waals surface area (Å²) in [4.78, 5) is 46.7. The number of para-hydroxylation sites is 2. The lowest BCUT2D eigenvalue weighted by Crippen LogP contribution is -2.47. The molecule has 9 nitrogen and oxygen atoms in total. The van der Waals surface area contributed by atoms with Gasteiger partial charge in [0, 0.05) is 18.2 Å². The number of hydrazone groups is 1. The minimum Gasteiger partial charge on any atom is -0.343 e. The Morgan fingerprint density at radius 1 is 0.926 bits per heavy atom. The van der Waals surface area contributed by atoms with Crippen molar-refractivity contribution in [3.05, 3.63) is 24.3 Å². The first-order valence-electron chi connectivity index (χ1n) is 8.30. The third kappa shape index (κ3) is 8.61. The van der Waals surface area contributed by atoms with E-state index in [1.165, 1.54) is 6.92 Å². The lowest BCUT2D eigenvalue weighted by Gasteiger charge is -2.19. The van der Waals surface area contributed by atoms with E-state index in [-0.39, 0.29) is 18.2 Å². The summed E-state index contributed by atoms with van der Waals surface area (Å²) in [7, 11) is 0. The van der Waals surface area contributed by atoms with Gasteiger partial charge in [0.15, 0.2) is 0 Å². The molecule has 4 N–H and O–H groups in total. The zero-order valence-electron chi connectivity index (χ0n) is 16.1. The van der Waals surface area contributed by atoms with Crippen molar-refractivity contribution in [3.8, 4) is 0 Å². The van der Waals surface area contributed by atoms with E-state index < -0.39 is 17.4 Å². The van der Waals surface area contributed by atoms with Gasteiger partial charge in [0.05, 0.1) is 17.8 Å². The van der Waals surface area contributed by atoms with Crippen molar-refractivity contribution in [1.29, 1.82) is 0 Å². The number of hydrogen-bond donors (Lipinski definition) is 4. The highest BCUT2D eigenvalue weighted by molar-refractivity contribution is 6.35. The molecule has 9 heteroatoms. The molecule has 0 unspecified atom stereocenters. The molecule has 0 saturated heterocycles. The van der Waals surface area contributed by atoms with Gasteiger partial charge in [-0.3, -0.25) is 19.2 Å².